The quantitative estimate of drug-likeness (QED) is 0.774. The summed E-state index contributed by atoms with van der Waals surface area (Å²) in [5.41, 5.74) is 1.47. The third-order valence-electron chi connectivity index (χ3n) is 5.29. The Hall–Kier alpha value is -1.73. The summed E-state index contributed by atoms with van der Waals surface area (Å²) in [5.74, 6) is -0.425. The van der Waals surface area contributed by atoms with Gasteiger partial charge in [0, 0.05) is 5.02 Å². The normalized spacial score (nSPS) is 26.0. The minimum absolute atomic E-state index is 0.0460. The van der Waals surface area contributed by atoms with E-state index in [0.29, 0.717) is 36.3 Å². The van der Waals surface area contributed by atoms with Gasteiger partial charge in [0.1, 0.15) is 12.4 Å². The molecule has 0 radical (unpaired) electrons. The molecule has 8 heteroatoms. The second-order valence-electron chi connectivity index (χ2n) is 7.30. The molecule has 1 aliphatic heterocycles. The molecule has 0 bridgehead atoms. The molecule has 1 saturated carbocycles. The van der Waals surface area contributed by atoms with E-state index >= 15 is 0 Å². The maximum absolute atomic E-state index is 12.6. The molecule has 0 saturated heterocycles. The van der Waals surface area contributed by atoms with Gasteiger partial charge in [0.2, 0.25) is 0 Å². The number of nitrogens with one attached hydrogen (secondary N) is 1. The van der Waals surface area contributed by atoms with Crippen LogP contribution in [0.3, 0.4) is 0 Å². The first-order chi connectivity index (χ1) is 12.5. The Balaban J connectivity index is 1.83. The Morgan fingerprint density at radius 3 is 2.33 bits per heavy atom. The summed E-state index contributed by atoms with van der Waals surface area (Å²) < 4.78 is 41.9. The average molecular weight is 404 g/mol. The van der Waals surface area contributed by atoms with Crippen LogP contribution >= 0.6 is 11.6 Å². The second-order valence-corrected chi connectivity index (χ2v) is 7.74. The first-order valence-electron chi connectivity index (χ1n) is 8.74. The van der Waals surface area contributed by atoms with Crippen molar-refractivity contribution in [2.75, 3.05) is 6.61 Å². The molecule has 3 rings (SSSR count). The van der Waals surface area contributed by atoms with Crippen LogP contribution in [0.2, 0.25) is 5.02 Å². The largest absolute Gasteiger partial charge is 0.509 e. The number of amides is 1. The third-order valence-corrected chi connectivity index (χ3v) is 5.50. The zero-order valence-corrected chi connectivity index (χ0v) is 15.8. The maximum atomic E-state index is 12.6. The van der Waals surface area contributed by atoms with E-state index in [1.807, 2.05) is 13.8 Å². The summed E-state index contributed by atoms with van der Waals surface area (Å²) in [4.78, 5) is 12.6. The number of benzene rings is 1. The molecule has 1 spiro atoms. The fraction of sp³-hybridized carbons (Fsp3) is 0.526. The molecule has 27 heavy (non-hydrogen) atoms. The van der Waals surface area contributed by atoms with Crippen LogP contribution in [-0.2, 0) is 9.53 Å². The van der Waals surface area contributed by atoms with Gasteiger partial charge in [-0.15, -0.1) is 0 Å². The molecular formula is C19H21ClF3NO3. The Bertz CT molecular complexity index is 773. The van der Waals surface area contributed by atoms with E-state index in [2.05, 4.69) is 5.32 Å². The van der Waals surface area contributed by atoms with Crippen LogP contribution < -0.4 is 5.32 Å². The molecule has 148 valence electrons. The topological polar surface area (TPSA) is 58.6 Å². The minimum Gasteiger partial charge on any atom is -0.509 e. The van der Waals surface area contributed by atoms with Gasteiger partial charge in [-0.1, -0.05) is 11.6 Å². The Labute approximate surface area is 160 Å². The summed E-state index contributed by atoms with van der Waals surface area (Å²) >= 11 is 6.05. The molecule has 1 aromatic rings. The monoisotopic (exact) mass is 403 g/mol. The van der Waals surface area contributed by atoms with Crippen molar-refractivity contribution in [3.05, 3.63) is 39.6 Å². The number of carbonyl (C=O) groups is 1. The number of hydrogen-bond acceptors (Lipinski definition) is 3. The van der Waals surface area contributed by atoms with Gasteiger partial charge in [0.05, 0.1) is 17.2 Å². The van der Waals surface area contributed by atoms with Crippen molar-refractivity contribution in [1.82, 2.24) is 5.32 Å². The van der Waals surface area contributed by atoms with Crippen LogP contribution in [-0.4, -0.2) is 35.4 Å². The standard InChI is InChI=1S/C19H21ClF3NO3/c1-10-7-12(20)8-11(2)14(10)15-16(25)18(24-17(15)26)5-3-13(4-6-18)27-9-19(21,22)23/h7-8,13,25H,3-6,9H2,1-2H3,(H,24,26)/t13-,18+. The lowest BCUT2D eigenvalue weighted by Gasteiger charge is -2.37. The van der Waals surface area contributed by atoms with Gasteiger partial charge in [-0.3, -0.25) is 4.79 Å². The SMILES string of the molecule is Cc1cc(Cl)cc(C)c1C1=C(O)[C@]2(CC[C@H](OCC(F)(F)F)CC2)NC1=O. The highest BCUT2D eigenvalue weighted by molar-refractivity contribution is 6.31. The lowest BCUT2D eigenvalue weighted by molar-refractivity contribution is -0.188. The molecule has 1 heterocycles. The van der Waals surface area contributed by atoms with Gasteiger partial charge in [-0.2, -0.15) is 13.2 Å². The van der Waals surface area contributed by atoms with Crippen molar-refractivity contribution in [3.63, 3.8) is 0 Å². The molecule has 2 N–H and O–H groups in total. The smallest absolute Gasteiger partial charge is 0.411 e. The molecule has 0 unspecified atom stereocenters. The molecule has 4 nitrogen and oxygen atoms in total. The summed E-state index contributed by atoms with van der Waals surface area (Å²) in [5, 5.41) is 14.3. The molecule has 1 amide bonds. The number of aliphatic hydroxyl groups excluding tert-OH is 1. The van der Waals surface area contributed by atoms with Crippen molar-refractivity contribution in [1.29, 1.82) is 0 Å². The van der Waals surface area contributed by atoms with E-state index in [-0.39, 0.29) is 17.2 Å². The fourth-order valence-corrected chi connectivity index (χ4v) is 4.38. The highest BCUT2D eigenvalue weighted by Gasteiger charge is 2.48. The average Bonchev–Trinajstić information content (AvgIpc) is 2.77. The molecule has 1 fully saturated rings. The first-order valence-corrected chi connectivity index (χ1v) is 9.12. The molecular weight excluding hydrogens is 383 g/mol. The molecule has 2 aliphatic rings. The molecule has 1 aromatic carbocycles. The number of halogens is 4. The predicted octanol–water partition coefficient (Wildman–Crippen LogP) is 4.62. The van der Waals surface area contributed by atoms with Gasteiger partial charge >= 0.3 is 6.18 Å². The van der Waals surface area contributed by atoms with Crippen molar-refractivity contribution in [2.24, 2.45) is 0 Å². The van der Waals surface area contributed by atoms with Crippen LogP contribution in [0.25, 0.3) is 5.57 Å². The summed E-state index contributed by atoms with van der Waals surface area (Å²) in [6, 6.07) is 3.45. The van der Waals surface area contributed by atoms with Crippen LogP contribution in [0.4, 0.5) is 13.2 Å². The number of hydrogen-bond donors (Lipinski definition) is 2. The van der Waals surface area contributed by atoms with Crippen LogP contribution in [0.15, 0.2) is 17.9 Å². The Kier molecular flexibility index (Phi) is 5.20. The number of aliphatic hydroxyl groups is 1. The Morgan fingerprint density at radius 1 is 1.26 bits per heavy atom. The lowest BCUT2D eigenvalue weighted by atomic mass is 9.79. The number of rotatable bonds is 3. The maximum Gasteiger partial charge on any atom is 0.411 e. The number of carbonyl (C=O) groups excluding carboxylic acids is 1. The van der Waals surface area contributed by atoms with Crippen molar-refractivity contribution >= 4 is 23.1 Å². The van der Waals surface area contributed by atoms with Gasteiger partial charge in [-0.05, 0) is 68.4 Å². The van der Waals surface area contributed by atoms with Crippen LogP contribution in [0.1, 0.15) is 42.4 Å². The lowest BCUT2D eigenvalue weighted by Crippen LogP contribution is -2.48. The number of aryl methyl sites for hydroxylation is 2. The van der Waals surface area contributed by atoms with E-state index in [1.165, 1.54) is 0 Å². The highest BCUT2D eigenvalue weighted by Crippen LogP contribution is 2.43. The summed E-state index contributed by atoms with van der Waals surface area (Å²) in [7, 11) is 0. The van der Waals surface area contributed by atoms with E-state index in [0.717, 1.165) is 11.1 Å². The van der Waals surface area contributed by atoms with E-state index in [1.54, 1.807) is 12.1 Å². The van der Waals surface area contributed by atoms with Gasteiger partial charge in [0.25, 0.3) is 5.91 Å². The Morgan fingerprint density at radius 2 is 1.81 bits per heavy atom. The van der Waals surface area contributed by atoms with Crippen molar-refractivity contribution in [2.45, 2.75) is 57.3 Å². The van der Waals surface area contributed by atoms with E-state index < -0.39 is 24.4 Å². The third kappa shape index (κ3) is 3.94. The van der Waals surface area contributed by atoms with Gasteiger partial charge in [0.15, 0.2) is 0 Å². The highest BCUT2D eigenvalue weighted by atomic mass is 35.5. The summed E-state index contributed by atoms with van der Waals surface area (Å²) in [6.07, 6.45) is -3.61. The van der Waals surface area contributed by atoms with Crippen molar-refractivity contribution < 1.29 is 27.8 Å². The van der Waals surface area contributed by atoms with E-state index in [9.17, 15) is 23.1 Å². The van der Waals surface area contributed by atoms with Gasteiger partial charge in [-0.25, -0.2) is 0 Å². The zero-order chi connectivity index (χ0) is 20.0. The number of alkyl halides is 3. The van der Waals surface area contributed by atoms with Gasteiger partial charge < -0.3 is 15.2 Å². The molecule has 0 aromatic heterocycles. The van der Waals surface area contributed by atoms with Crippen molar-refractivity contribution in [3.8, 4) is 0 Å². The predicted molar refractivity (Wildman–Crippen MR) is 95.6 cm³/mol. The first kappa shape index (κ1) is 20.0. The fourth-order valence-electron chi connectivity index (χ4n) is 4.05. The second kappa shape index (κ2) is 7.02. The molecule has 1 aliphatic carbocycles. The molecule has 0 atom stereocenters. The van der Waals surface area contributed by atoms with Crippen LogP contribution in [0, 0.1) is 13.8 Å². The minimum atomic E-state index is -4.37. The van der Waals surface area contributed by atoms with E-state index in [4.69, 9.17) is 16.3 Å². The van der Waals surface area contributed by atoms with Crippen LogP contribution in [0.5, 0.6) is 0 Å². The number of ether oxygens (including phenoxy) is 1. The zero-order valence-electron chi connectivity index (χ0n) is 15.0. The summed E-state index contributed by atoms with van der Waals surface area (Å²) in [6.45, 7) is 2.34.